The first-order chi connectivity index (χ1) is 11.0. The molecule has 5 nitrogen and oxygen atoms in total. The predicted molar refractivity (Wildman–Crippen MR) is 81.8 cm³/mol. The summed E-state index contributed by atoms with van der Waals surface area (Å²) in [5.41, 5.74) is 4.37. The molecule has 2 rings (SSSR count). The van der Waals surface area contributed by atoms with E-state index in [2.05, 4.69) is 20.2 Å². The highest BCUT2D eigenvalue weighted by Gasteiger charge is 2.11. The van der Waals surface area contributed by atoms with Crippen LogP contribution in [0, 0.1) is 13.8 Å². The SMILES string of the molecule is Cc1cc(/C=N\NC(=O)c2ccccn2)cc(C)c1OC(F)F. The molecule has 1 heterocycles. The van der Waals surface area contributed by atoms with Gasteiger partial charge >= 0.3 is 6.61 Å². The lowest BCUT2D eigenvalue weighted by Gasteiger charge is -2.11. The molecule has 0 unspecified atom stereocenters. The molecule has 1 amide bonds. The third-order valence-electron chi connectivity index (χ3n) is 2.97. The molecular weight excluding hydrogens is 304 g/mol. The van der Waals surface area contributed by atoms with Crippen molar-refractivity contribution < 1.29 is 18.3 Å². The zero-order valence-electron chi connectivity index (χ0n) is 12.6. The van der Waals surface area contributed by atoms with Gasteiger partial charge in [0.1, 0.15) is 11.4 Å². The third kappa shape index (κ3) is 4.57. The lowest BCUT2D eigenvalue weighted by atomic mass is 10.1. The van der Waals surface area contributed by atoms with E-state index in [1.54, 1.807) is 44.2 Å². The van der Waals surface area contributed by atoms with Crippen molar-refractivity contribution in [1.82, 2.24) is 10.4 Å². The maximum atomic E-state index is 12.3. The second kappa shape index (κ2) is 7.44. The van der Waals surface area contributed by atoms with Crippen LogP contribution in [-0.2, 0) is 0 Å². The average molecular weight is 319 g/mol. The number of benzene rings is 1. The fourth-order valence-electron chi connectivity index (χ4n) is 2.05. The van der Waals surface area contributed by atoms with Gasteiger partial charge in [-0.1, -0.05) is 6.07 Å². The molecule has 120 valence electrons. The Morgan fingerprint density at radius 1 is 1.30 bits per heavy atom. The molecule has 0 fully saturated rings. The van der Waals surface area contributed by atoms with Gasteiger partial charge in [0.2, 0.25) is 0 Å². The summed E-state index contributed by atoms with van der Waals surface area (Å²) in [6.07, 6.45) is 2.93. The fraction of sp³-hybridized carbons (Fsp3) is 0.188. The Hall–Kier alpha value is -2.83. The van der Waals surface area contributed by atoms with Crippen LogP contribution in [0.25, 0.3) is 0 Å². The zero-order chi connectivity index (χ0) is 16.8. The maximum absolute atomic E-state index is 12.3. The molecule has 0 atom stereocenters. The Morgan fingerprint density at radius 2 is 2.00 bits per heavy atom. The summed E-state index contributed by atoms with van der Waals surface area (Å²) < 4.78 is 29.1. The number of alkyl halides is 2. The number of halogens is 2. The van der Waals surface area contributed by atoms with Gasteiger partial charge in [-0.3, -0.25) is 9.78 Å². The van der Waals surface area contributed by atoms with Crippen LogP contribution in [0.2, 0.25) is 0 Å². The van der Waals surface area contributed by atoms with Gasteiger partial charge in [0.15, 0.2) is 0 Å². The molecule has 0 aliphatic rings. The summed E-state index contributed by atoms with van der Waals surface area (Å²) in [6.45, 7) is 0.452. The molecule has 1 N–H and O–H groups in total. The molecule has 0 bridgehead atoms. The second-order valence-corrected chi connectivity index (χ2v) is 4.78. The Kier molecular flexibility index (Phi) is 5.35. The van der Waals surface area contributed by atoms with E-state index in [4.69, 9.17) is 0 Å². The Labute approximate surface area is 132 Å². The van der Waals surface area contributed by atoms with E-state index < -0.39 is 12.5 Å². The van der Waals surface area contributed by atoms with E-state index in [9.17, 15) is 13.6 Å². The van der Waals surface area contributed by atoms with Gasteiger partial charge in [0.05, 0.1) is 6.21 Å². The number of nitrogens with one attached hydrogen (secondary N) is 1. The monoisotopic (exact) mass is 319 g/mol. The van der Waals surface area contributed by atoms with Gasteiger partial charge in [-0.05, 0) is 54.8 Å². The number of carbonyl (C=O) groups is 1. The molecule has 0 aliphatic carbocycles. The summed E-state index contributed by atoms with van der Waals surface area (Å²) in [4.78, 5) is 15.7. The molecular formula is C16H15F2N3O2. The highest BCUT2D eigenvalue weighted by molar-refractivity contribution is 5.93. The molecule has 1 aromatic carbocycles. The van der Waals surface area contributed by atoms with Crippen LogP contribution < -0.4 is 10.2 Å². The van der Waals surface area contributed by atoms with Crippen LogP contribution in [0.5, 0.6) is 5.75 Å². The van der Waals surface area contributed by atoms with Gasteiger partial charge in [-0.15, -0.1) is 0 Å². The number of amides is 1. The average Bonchev–Trinajstić information content (AvgIpc) is 2.51. The van der Waals surface area contributed by atoms with Crippen molar-refractivity contribution in [3.05, 3.63) is 58.9 Å². The molecule has 2 aromatic rings. The van der Waals surface area contributed by atoms with Gasteiger partial charge in [0, 0.05) is 6.20 Å². The topological polar surface area (TPSA) is 63.6 Å². The molecule has 0 radical (unpaired) electrons. The van der Waals surface area contributed by atoms with E-state index in [-0.39, 0.29) is 11.4 Å². The summed E-state index contributed by atoms with van der Waals surface area (Å²) in [6, 6.07) is 8.24. The van der Waals surface area contributed by atoms with Crippen LogP contribution >= 0.6 is 0 Å². The first-order valence-electron chi connectivity index (χ1n) is 6.78. The minimum absolute atomic E-state index is 0.148. The van der Waals surface area contributed by atoms with Crippen LogP contribution in [-0.4, -0.2) is 23.7 Å². The molecule has 0 saturated heterocycles. The first-order valence-corrected chi connectivity index (χ1v) is 6.78. The Morgan fingerprint density at radius 3 is 2.57 bits per heavy atom. The molecule has 0 aliphatic heterocycles. The number of nitrogens with zero attached hydrogens (tertiary/aromatic N) is 2. The van der Waals surface area contributed by atoms with Crippen LogP contribution in [0.1, 0.15) is 27.2 Å². The van der Waals surface area contributed by atoms with E-state index in [1.807, 2.05) is 0 Å². The van der Waals surface area contributed by atoms with E-state index >= 15 is 0 Å². The number of rotatable bonds is 5. The van der Waals surface area contributed by atoms with E-state index in [1.165, 1.54) is 12.4 Å². The van der Waals surface area contributed by atoms with Crippen molar-refractivity contribution in [2.24, 2.45) is 5.10 Å². The summed E-state index contributed by atoms with van der Waals surface area (Å²) in [5.74, 6) is -0.289. The summed E-state index contributed by atoms with van der Waals surface area (Å²) in [5, 5.41) is 3.84. The Balaban J connectivity index is 2.07. The Bertz CT molecular complexity index is 696. The van der Waals surface area contributed by atoms with Crippen molar-refractivity contribution in [1.29, 1.82) is 0 Å². The fourth-order valence-corrected chi connectivity index (χ4v) is 2.05. The lowest BCUT2D eigenvalue weighted by molar-refractivity contribution is -0.0507. The minimum atomic E-state index is -2.87. The third-order valence-corrected chi connectivity index (χ3v) is 2.97. The molecule has 0 spiro atoms. The number of hydrazone groups is 1. The van der Waals surface area contributed by atoms with E-state index in [0.29, 0.717) is 16.7 Å². The number of ether oxygens (including phenoxy) is 1. The van der Waals surface area contributed by atoms with E-state index in [0.717, 1.165) is 0 Å². The highest BCUT2D eigenvalue weighted by atomic mass is 19.3. The number of pyridine rings is 1. The maximum Gasteiger partial charge on any atom is 0.387 e. The van der Waals surface area contributed by atoms with Crippen molar-refractivity contribution in [2.75, 3.05) is 0 Å². The van der Waals surface area contributed by atoms with Crippen LogP contribution in [0.3, 0.4) is 0 Å². The molecule has 0 saturated carbocycles. The number of carbonyl (C=O) groups excluding carboxylic acids is 1. The van der Waals surface area contributed by atoms with Crippen LogP contribution in [0.15, 0.2) is 41.6 Å². The van der Waals surface area contributed by atoms with Gasteiger partial charge in [-0.25, -0.2) is 5.43 Å². The summed E-state index contributed by atoms with van der Waals surface area (Å²) >= 11 is 0. The van der Waals surface area contributed by atoms with Crippen molar-refractivity contribution in [2.45, 2.75) is 20.5 Å². The minimum Gasteiger partial charge on any atom is -0.434 e. The molecule has 23 heavy (non-hydrogen) atoms. The van der Waals surface area contributed by atoms with Crippen molar-refractivity contribution in [3.63, 3.8) is 0 Å². The number of hydrogen-bond donors (Lipinski definition) is 1. The number of aryl methyl sites for hydroxylation is 2. The summed E-state index contributed by atoms with van der Waals surface area (Å²) in [7, 11) is 0. The quantitative estimate of drug-likeness (QED) is 0.680. The van der Waals surface area contributed by atoms with Crippen molar-refractivity contribution in [3.8, 4) is 5.75 Å². The van der Waals surface area contributed by atoms with Gasteiger partial charge in [-0.2, -0.15) is 13.9 Å². The normalized spacial score (nSPS) is 11.0. The number of aromatic nitrogens is 1. The van der Waals surface area contributed by atoms with Crippen molar-refractivity contribution >= 4 is 12.1 Å². The molecule has 7 heteroatoms. The highest BCUT2D eigenvalue weighted by Crippen LogP contribution is 2.25. The lowest BCUT2D eigenvalue weighted by Crippen LogP contribution is -2.18. The largest absolute Gasteiger partial charge is 0.434 e. The smallest absolute Gasteiger partial charge is 0.387 e. The van der Waals surface area contributed by atoms with Crippen LogP contribution in [0.4, 0.5) is 8.78 Å². The number of hydrogen-bond acceptors (Lipinski definition) is 4. The molecule has 1 aromatic heterocycles. The van der Waals surface area contributed by atoms with Gasteiger partial charge < -0.3 is 4.74 Å². The van der Waals surface area contributed by atoms with Gasteiger partial charge in [0.25, 0.3) is 5.91 Å². The zero-order valence-corrected chi connectivity index (χ0v) is 12.6. The first kappa shape index (κ1) is 16.5. The predicted octanol–water partition coefficient (Wildman–Crippen LogP) is 3.06. The second-order valence-electron chi connectivity index (χ2n) is 4.78. The standard InChI is InChI=1S/C16H15F2N3O2/c1-10-7-12(8-11(2)14(10)23-16(17)18)9-20-21-15(22)13-5-3-4-6-19-13/h3-9,16H,1-2H3,(H,21,22)/b20-9-.